The Balaban J connectivity index is 1.50. The Morgan fingerprint density at radius 2 is 1.96 bits per heavy atom. The molecule has 0 bridgehead atoms. The van der Waals surface area contributed by atoms with Crippen molar-refractivity contribution in [3.8, 4) is 5.75 Å². The van der Waals surface area contributed by atoms with Crippen molar-refractivity contribution in [3.63, 3.8) is 0 Å². The van der Waals surface area contributed by atoms with Crippen molar-refractivity contribution in [2.75, 3.05) is 19.0 Å². The highest BCUT2D eigenvalue weighted by atomic mass is 16.5. The number of benzene rings is 1. The van der Waals surface area contributed by atoms with Crippen molar-refractivity contribution < 1.29 is 9.53 Å². The van der Waals surface area contributed by atoms with Crippen LogP contribution in [0.2, 0.25) is 0 Å². The van der Waals surface area contributed by atoms with Gasteiger partial charge >= 0.3 is 0 Å². The molecule has 3 rings (SSSR count). The molecule has 2 aromatic rings. The van der Waals surface area contributed by atoms with Crippen molar-refractivity contribution >= 4 is 11.9 Å². The largest absolute Gasteiger partial charge is 0.497 e. The van der Waals surface area contributed by atoms with Gasteiger partial charge in [0, 0.05) is 18.8 Å². The summed E-state index contributed by atoms with van der Waals surface area (Å²) >= 11 is 0. The number of aromatic nitrogens is 2. The van der Waals surface area contributed by atoms with Crippen molar-refractivity contribution in [2.24, 2.45) is 0 Å². The maximum absolute atomic E-state index is 12.3. The molecule has 1 aliphatic rings. The minimum absolute atomic E-state index is 0.176. The summed E-state index contributed by atoms with van der Waals surface area (Å²) in [4.78, 5) is 20.8. The predicted molar refractivity (Wildman–Crippen MR) is 96.9 cm³/mol. The second-order valence-electron chi connectivity index (χ2n) is 6.25. The van der Waals surface area contributed by atoms with Gasteiger partial charge in [-0.25, -0.2) is 9.97 Å². The fraction of sp³-hybridized carbons (Fsp3) is 0.421. The van der Waals surface area contributed by atoms with Crippen molar-refractivity contribution in [3.05, 3.63) is 47.8 Å². The van der Waals surface area contributed by atoms with Gasteiger partial charge < -0.3 is 15.4 Å². The Morgan fingerprint density at radius 1 is 1.20 bits per heavy atom. The molecule has 1 fully saturated rings. The van der Waals surface area contributed by atoms with Gasteiger partial charge in [-0.15, -0.1) is 0 Å². The van der Waals surface area contributed by atoms with E-state index in [-0.39, 0.29) is 5.91 Å². The third-order valence-corrected chi connectivity index (χ3v) is 4.43. The zero-order valence-corrected chi connectivity index (χ0v) is 14.5. The number of ether oxygens (including phenoxy) is 1. The van der Waals surface area contributed by atoms with Crippen LogP contribution in [0, 0.1) is 0 Å². The number of hydrogen-bond donors (Lipinski definition) is 2. The number of carbonyl (C=O) groups is 1. The number of nitrogens with zero attached hydrogens (tertiary/aromatic N) is 2. The molecule has 2 N–H and O–H groups in total. The molecule has 1 amide bonds. The molecule has 0 unspecified atom stereocenters. The SMILES string of the molecule is COc1ccc(CCNC(=O)c2ccnc(NC3CCCC3)n2)cc1. The molecule has 0 radical (unpaired) electrons. The summed E-state index contributed by atoms with van der Waals surface area (Å²) < 4.78 is 5.14. The smallest absolute Gasteiger partial charge is 0.270 e. The third-order valence-electron chi connectivity index (χ3n) is 4.43. The molecule has 0 aliphatic heterocycles. The molecule has 6 heteroatoms. The lowest BCUT2D eigenvalue weighted by atomic mass is 10.1. The molecular formula is C19H24N4O2. The Labute approximate surface area is 148 Å². The average Bonchev–Trinajstić information content (AvgIpc) is 3.15. The number of anilines is 1. The van der Waals surface area contributed by atoms with Gasteiger partial charge in [0.15, 0.2) is 0 Å². The van der Waals surface area contributed by atoms with Gasteiger partial charge in [0.05, 0.1) is 7.11 Å². The molecule has 0 atom stereocenters. The quantitative estimate of drug-likeness (QED) is 0.810. The Morgan fingerprint density at radius 3 is 2.68 bits per heavy atom. The van der Waals surface area contributed by atoms with Crippen LogP contribution in [0.3, 0.4) is 0 Å². The van der Waals surface area contributed by atoms with Crippen molar-refractivity contribution in [1.82, 2.24) is 15.3 Å². The Bertz CT molecular complexity index is 697. The minimum atomic E-state index is -0.176. The number of hydrogen-bond acceptors (Lipinski definition) is 5. The molecule has 6 nitrogen and oxygen atoms in total. The van der Waals surface area contributed by atoms with Gasteiger partial charge in [-0.1, -0.05) is 25.0 Å². The first-order valence-electron chi connectivity index (χ1n) is 8.75. The van der Waals surface area contributed by atoms with E-state index >= 15 is 0 Å². The van der Waals surface area contributed by atoms with Crippen molar-refractivity contribution in [2.45, 2.75) is 38.1 Å². The van der Waals surface area contributed by atoms with Crippen LogP contribution in [-0.4, -0.2) is 35.6 Å². The van der Waals surface area contributed by atoms with E-state index in [0.717, 1.165) is 30.6 Å². The molecule has 1 aromatic heterocycles. The zero-order valence-electron chi connectivity index (χ0n) is 14.5. The lowest BCUT2D eigenvalue weighted by Crippen LogP contribution is -2.27. The normalized spacial score (nSPS) is 14.3. The number of rotatable bonds is 7. The highest BCUT2D eigenvalue weighted by molar-refractivity contribution is 5.92. The highest BCUT2D eigenvalue weighted by Gasteiger charge is 2.16. The Hall–Kier alpha value is -2.63. The third kappa shape index (κ3) is 4.92. The topological polar surface area (TPSA) is 76.1 Å². The molecule has 0 spiro atoms. The summed E-state index contributed by atoms with van der Waals surface area (Å²) in [6.45, 7) is 0.556. The Kier molecular flexibility index (Phi) is 5.82. The van der Waals surface area contributed by atoms with E-state index in [2.05, 4.69) is 20.6 Å². The monoisotopic (exact) mass is 340 g/mol. The van der Waals surface area contributed by atoms with E-state index < -0.39 is 0 Å². The fourth-order valence-corrected chi connectivity index (χ4v) is 3.01. The first-order chi connectivity index (χ1) is 12.2. The molecule has 1 heterocycles. The summed E-state index contributed by atoms with van der Waals surface area (Å²) in [5, 5.41) is 6.22. The first kappa shape index (κ1) is 17.2. The standard InChI is InChI=1S/C19H24N4O2/c1-25-16-8-6-14(7-9-16)10-12-20-18(24)17-11-13-21-19(23-17)22-15-4-2-3-5-15/h6-9,11,13,15H,2-5,10,12H2,1H3,(H,20,24)(H,21,22,23). The summed E-state index contributed by atoms with van der Waals surface area (Å²) in [6, 6.07) is 9.90. The van der Waals surface area contributed by atoms with Crippen LogP contribution in [-0.2, 0) is 6.42 Å². The van der Waals surface area contributed by atoms with E-state index in [9.17, 15) is 4.79 Å². The van der Waals surface area contributed by atoms with Crippen LogP contribution in [0.5, 0.6) is 5.75 Å². The van der Waals surface area contributed by atoms with Crippen LogP contribution in [0.25, 0.3) is 0 Å². The number of methoxy groups -OCH3 is 1. The van der Waals surface area contributed by atoms with Gasteiger partial charge in [0.25, 0.3) is 5.91 Å². The van der Waals surface area contributed by atoms with Crippen molar-refractivity contribution in [1.29, 1.82) is 0 Å². The molecule has 0 saturated heterocycles. The molecule has 25 heavy (non-hydrogen) atoms. The maximum Gasteiger partial charge on any atom is 0.270 e. The highest BCUT2D eigenvalue weighted by Crippen LogP contribution is 2.20. The molecular weight excluding hydrogens is 316 g/mol. The van der Waals surface area contributed by atoms with E-state index in [1.165, 1.54) is 12.8 Å². The summed E-state index contributed by atoms with van der Waals surface area (Å²) in [5.41, 5.74) is 1.54. The van der Waals surface area contributed by atoms with E-state index in [0.29, 0.717) is 24.2 Å². The minimum Gasteiger partial charge on any atom is -0.497 e. The van der Waals surface area contributed by atoms with Gasteiger partial charge in [0.1, 0.15) is 11.4 Å². The van der Waals surface area contributed by atoms with Crippen LogP contribution in [0.1, 0.15) is 41.7 Å². The zero-order chi connectivity index (χ0) is 17.5. The van der Waals surface area contributed by atoms with Crippen LogP contribution >= 0.6 is 0 Å². The molecule has 132 valence electrons. The second-order valence-corrected chi connectivity index (χ2v) is 6.25. The second kappa shape index (κ2) is 8.46. The average molecular weight is 340 g/mol. The fourth-order valence-electron chi connectivity index (χ4n) is 3.01. The number of amides is 1. The van der Waals surface area contributed by atoms with Crippen LogP contribution in [0.15, 0.2) is 36.5 Å². The van der Waals surface area contributed by atoms with Gasteiger partial charge in [-0.2, -0.15) is 0 Å². The lowest BCUT2D eigenvalue weighted by Gasteiger charge is -2.12. The summed E-state index contributed by atoms with van der Waals surface area (Å²) in [5.74, 6) is 1.19. The number of nitrogens with one attached hydrogen (secondary N) is 2. The van der Waals surface area contributed by atoms with Crippen LogP contribution < -0.4 is 15.4 Å². The van der Waals surface area contributed by atoms with E-state index in [4.69, 9.17) is 4.74 Å². The van der Waals surface area contributed by atoms with Gasteiger partial charge in [-0.3, -0.25) is 4.79 Å². The molecule has 1 saturated carbocycles. The maximum atomic E-state index is 12.3. The summed E-state index contributed by atoms with van der Waals surface area (Å²) in [7, 11) is 1.65. The molecule has 1 aliphatic carbocycles. The predicted octanol–water partition coefficient (Wildman–Crippen LogP) is 2.81. The van der Waals surface area contributed by atoms with Crippen LogP contribution in [0.4, 0.5) is 5.95 Å². The van der Waals surface area contributed by atoms with Gasteiger partial charge in [-0.05, 0) is 43.0 Å². The lowest BCUT2D eigenvalue weighted by molar-refractivity contribution is 0.0949. The summed E-state index contributed by atoms with van der Waals surface area (Å²) in [6.07, 6.45) is 7.15. The van der Waals surface area contributed by atoms with E-state index in [1.807, 2.05) is 24.3 Å². The molecule has 1 aromatic carbocycles. The van der Waals surface area contributed by atoms with E-state index in [1.54, 1.807) is 19.4 Å². The van der Waals surface area contributed by atoms with Gasteiger partial charge in [0.2, 0.25) is 5.95 Å². The first-order valence-corrected chi connectivity index (χ1v) is 8.75. The number of carbonyl (C=O) groups excluding carboxylic acids is 1.